The number of aryl methyl sites for hydroxylation is 1. The highest BCUT2D eigenvalue weighted by Crippen LogP contribution is 2.41. The lowest BCUT2D eigenvalue weighted by atomic mass is 10.0. The molecular weight excluding hydrogens is 396 g/mol. The number of fused-ring (bicyclic) bond motifs is 1. The Kier molecular flexibility index (Phi) is 6.27. The second-order valence-corrected chi connectivity index (χ2v) is 6.96. The van der Waals surface area contributed by atoms with E-state index in [2.05, 4.69) is 64.0 Å². The molecule has 0 fully saturated rings. The van der Waals surface area contributed by atoms with Crippen molar-refractivity contribution in [3.05, 3.63) is 40.8 Å². The molecule has 0 N–H and O–H groups in total. The van der Waals surface area contributed by atoms with Crippen molar-refractivity contribution < 1.29 is 13.9 Å². The minimum Gasteiger partial charge on any atom is -0.477 e. The summed E-state index contributed by atoms with van der Waals surface area (Å²) in [6.45, 7) is 8.09. The van der Waals surface area contributed by atoms with Gasteiger partial charge < -0.3 is 13.9 Å². The Labute approximate surface area is 161 Å². The molecule has 0 bridgehead atoms. The van der Waals surface area contributed by atoms with Crippen molar-refractivity contribution in [1.29, 1.82) is 0 Å². The summed E-state index contributed by atoms with van der Waals surface area (Å²) in [5.41, 5.74) is 3.75. The van der Waals surface area contributed by atoms with Crippen LogP contribution in [0.15, 0.2) is 39.7 Å². The molecule has 138 valence electrons. The number of halogens is 1. The van der Waals surface area contributed by atoms with Crippen LogP contribution in [-0.4, -0.2) is 29.8 Å². The van der Waals surface area contributed by atoms with Crippen LogP contribution < -0.4 is 4.74 Å². The van der Waals surface area contributed by atoms with Gasteiger partial charge in [0.15, 0.2) is 4.67 Å². The van der Waals surface area contributed by atoms with E-state index in [0.717, 1.165) is 22.9 Å². The Bertz CT molecular complexity index is 861. The van der Waals surface area contributed by atoms with E-state index in [4.69, 9.17) is 13.9 Å². The van der Waals surface area contributed by atoms with Gasteiger partial charge in [0, 0.05) is 18.1 Å². The van der Waals surface area contributed by atoms with Gasteiger partial charge in [0.25, 0.3) is 0 Å². The molecule has 3 rings (SSSR count). The van der Waals surface area contributed by atoms with Gasteiger partial charge in [-0.2, -0.15) is 0 Å². The molecule has 1 unspecified atom stereocenters. The van der Waals surface area contributed by atoms with E-state index in [1.807, 2.05) is 6.92 Å². The van der Waals surface area contributed by atoms with Crippen molar-refractivity contribution in [3.8, 4) is 17.0 Å². The van der Waals surface area contributed by atoms with Crippen LogP contribution in [0.3, 0.4) is 0 Å². The van der Waals surface area contributed by atoms with E-state index in [1.54, 1.807) is 0 Å². The standard InChI is InChI=1S/C20H23BrN2O3/c1-4-14-6-8-15(9-7-14)16-17-19(25-11-13(3)10-24-5-2)22-12-23-20(17)26-18(16)21/h6-9,12-13H,4-5,10-11H2,1-3H3. The quantitative estimate of drug-likeness (QED) is 0.498. The molecule has 6 heteroatoms. The third kappa shape index (κ3) is 4.07. The molecule has 0 saturated carbocycles. The number of hydrogen-bond donors (Lipinski definition) is 0. The third-order valence-corrected chi connectivity index (χ3v) is 4.73. The molecule has 0 aliphatic rings. The summed E-state index contributed by atoms with van der Waals surface area (Å²) < 4.78 is 17.9. The van der Waals surface area contributed by atoms with Gasteiger partial charge in [0.1, 0.15) is 11.7 Å². The van der Waals surface area contributed by atoms with Gasteiger partial charge in [-0.15, -0.1) is 0 Å². The van der Waals surface area contributed by atoms with Crippen LogP contribution in [0.25, 0.3) is 22.2 Å². The summed E-state index contributed by atoms with van der Waals surface area (Å²) in [5, 5.41) is 0.784. The van der Waals surface area contributed by atoms with Crippen LogP contribution in [0.5, 0.6) is 5.88 Å². The van der Waals surface area contributed by atoms with E-state index < -0.39 is 0 Å². The average molecular weight is 419 g/mol. The van der Waals surface area contributed by atoms with E-state index >= 15 is 0 Å². The molecule has 0 spiro atoms. The van der Waals surface area contributed by atoms with Crippen molar-refractivity contribution in [1.82, 2.24) is 9.97 Å². The summed E-state index contributed by atoms with van der Waals surface area (Å²) in [4.78, 5) is 8.58. The van der Waals surface area contributed by atoms with E-state index in [-0.39, 0.29) is 5.92 Å². The Balaban J connectivity index is 1.94. The number of ether oxygens (including phenoxy) is 2. The lowest BCUT2D eigenvalue weighted by molar-refractivity contribution is 0.0933. The first kappa shape index (κ1) is 18.9. The zero-order valence-electron chi connectivity index (χ0n) is 15.3. The van der Waals surface area contributed by atoms with Crippen LogP contribution in [0.1, 0.15) is 26.3 Å². The molecule has 3 aromatic rings. The second kappa shape index (κ2) is 8.64. The van der Waals surface area contributed by atoms with E-state index in [0.29, 0.717) is 36.1 Å². The molecule has 0 aliphatic heterocycles. The number of aromatic nitrogens is 2. The highest BCUT2D eigenvalue weighted by Gasteiger charge is 2.20. The molecule has 0 amide bonds. The molecule has 26 heavy (non-hydrogen) atoms. The minimum absolute atomic E-state index is 0.266. The Morgan fingerprint density at radius 3 is 2.58 bits per heavy atom. The van der Waals surface area contributed by atoms with Gasteiger partial charge in [-0.05, 0) is 40.4 Å². The first-order valence-electron chi connectivity index (χ1n) is 8.86. The van der Waals surface area contributed by atoms with Crippen molar-refractivity contribution in [2.24, 2.45) is 5.92 Å². The van der Waals surface area contributed by atoms with Crippen LogP contribution in [0.4, 0.5) is 0 Å². The van der Waals surface area contributed by atoms with Gasteiger partial charge in [-0.3, -0.25) is 0 Å². The molecule has 5 nitrogen and oxygen atoms in total. The van der Waals surface area contributed by atoms with Crippen molar-refractivity contribution in [2.45, 2.75) is 27.2 Å². The SMILES string of the molecule is CCOCC(C)COc1ncnc2oc(Br)c(-c3ccc(CC)cc3)c12. The third-order valence-electron chi connectivity index (χ3n) is 4.17. The molecule has 0 aliphatic carbocycles. The fourth-order valence-corrected chi connectivity index (χ4v) is 3.32. The lowest BCUT2D eigenvalue weighted by Crippen LogP contribution is -2.15. The van der Waals surface area contributed by atoms with Crippen molar-refractivity contribution in [2.75, 3.05) is 19.8 Å². The largest absolute Gasteiger partial charge is 0.477 e. The normalized spacial score (nSPS) is 12.5. The maximum absolute atomic E-state index is 5.99. The van der Waals surface area contributed by atoms with Crippen LogP contribution in [-0.2, 0) is 11.2 Å². The molecule has 0 saturated heterocycles. The Hall–Kier alpha value is -1.92. The predicted molar refractivity (Wildman–Crippen MR) is 105 cm³/mol. The fourth-order valence-electron chi connectivity index (χ4n) is 2.74. The smallest absolute Gasteiger partial charge is 0.235 e. The summed E-state index contributed by atoms with van der Waals surface area (Å²) in [6, 6.07) is 8.41. The summed E-state index contributed by atoms with van der Waals surface area (Å²) in [7, 11) is 0. The second-order valence-electron chi connectivity index (χ2n) is 6.24. The maximum Gasteiger partial charge on any atom is 0.235 e. The topological polar surface area (TPSA) is 57.4 Å². The molecule has 2 aromatic heterocycles. The van der Waals surface area contributed by atoms with E-state index in [9.17, 15) is 0 Å². The minimum atomic E-state index is 0.266. The maximum atomic E-state index is 5.99. The highest BCUT2D eigenvalue weighted by atomic mass is 79.9. The van der Waals surface area contributed by atoms with Crippen LogP contribution in [0, 0.1) is 5.92 Å². The molecule has 1 aromatic carbocycles. The first-order valence-corrected chi connectivity index (χ1v) is 9.66. The van der Waals surface area contributed by atoms with Gasteiger partial charge in [-0.25, -0.2) is 9.97 Å². The summed E-state index contributed by atoms with van der Waals surface area (Å²) in [5.74, 6) is 0.796. The Morgan fingerprint density at radius 2 is 1.88 bits per heavy atom. The number of benzene rings is 1. The zero-order chi connectivity index (χ0) is 18.5. The van der Waals surface area contributed by atoms with Gasteiger partial charge in [0.05, 0.1) is 13.2 Å². The average Bonchev–Trinajstić information content (AvgIpc) is 3.01. The molecule has 0 radical (unpaired) electrons. The van der Waals surface area contributed by atoms with E-state index in [1.165, 1.54) is 11.9 Å². The Morgan fingerprint density at radius 1 is 1.12 bits per heavy atom. The van der Waals surface area contributed by atoms with Crippen molar-refractivity contribution in [3.63, 3.8) is 0 Å². The number of hydrogen-bond acceptors (Lipinski definition) is 5. The number of rotatable bonds is 8. The summed E-state index contributed by atoms with van der Waals surface area (Å²) in [6.07, 6.45) is 2.47. The van der Waals surface area contributed by atoms with Gasteiger partial charge in [0.2, 0.25) is 11.6 Å². The summed E-state index contributed by atoms with van der Waals surface area (Å²) >= 11 is 3.52. The number of furan rings is 1. The monoisotopic (exact) mass is 418 g/mol. The predicted octanol–water partition coefficient (Wildman–Crippen LogP) is 5.27. The van der Waals surface area contributed by atoms with Crippen LogP contribution in [0.2, 0.25) is 0 Å². The first-order chi connectivity index (χ1) is 12.6. The van der Waals surface area contributed by atoms with Gasteiger partial charge in [-0.1, -0.05) is 38.1 Å². The molecule has 1 atom stereocenters. The lowest BCUT2D eigenvalue weighted by Gasteiger charge is -2.13. The zero-order valence-corrected chi connectivity index (χ0v) is 16.9. The van der Waals surface area contributed by atoms with Crippen LogP contribution >= 0.6 is 15.9 Å². The molecule has 2 heterocycles. The highest BCUT2D eigenvalue weighted by molar-refractivity contribution is 9.10. The van der Waals surface area contributed by atoms with Crippen molar-refractivity contribution >= 4 is 27.0 Å². The molecular formula is C20H23BrN2O3. The fraction of sp³-hybridized carbons (Fsp3) is 0.400. The van der Waals surface area contributed by atoms with Gasteiger partial charge >= 0.3 is 0 Å². The number of nitrogens with zero attached hydrogens (tertiary/aromatic N) is 2.